The third-order valence-electron chi connectivity index (χ3n) is 1.28. The van der Waals surface area contributed by atoms with E-state index in [4.69, 9.17) is 10.5 Å². The Balaban J connectivity index is 3.64. The number of rotatable bonds is 4. The minimum absolute atomic E-state index is 0.258. The van der Waals surface area contributed by atoms with Crippen LogP contribution in [0.4, 0.5) is 3.89 Å². The molecule has 2 nitrogen and oxygen atoms in total. The summed E-state index contributed by atoms with van der Waals surface area (Å²) in [5, 5.41) is 16.4. The lowest BCUT2D eigenvalue weighted by molar-refractivity contribution is 0.877. The molecule has 4 heteroatoms. The third-order valence-corrected chi connectivity index (χ3v) is 3.39. The number of hydrogen-bond acceptors (Lipinski definition) is 2. The molecule has 0 aliphatic rings. The molecule has 0 radical (unpaired) electrons. The van der Waals surface area contributed by atoms with Crippen LogP contribution in [0.3, 0.4) is 0 Å². The van der Waals surface area contributed by atoms with Crippen LogP contribution in [0.2, 0.25) is 0 Å². The van der Waals surface area contributed by atoms with Crippen LogP contribution in [-0.2, 0) is 0 Å². The van der Waals surface area contributed by atoms with Crippen molar-refractivity contribution in [2.45, 2.75) is 12.8 Å². The van der Waals surface area contributed by atoms with E-state index < -0.39 is 10.4 Å². The van der Waals surface area contributed by atoms with Gasteiger partial charge in [-0.2, -0.15) is 14.4 Å². The second kappa shape index (κ2) is 4.98. The van der Waals surface area contributed by atoms with Gasteiger partial charge in [0.05, 0.1) is 12.1 Å². The van der Waals surface area contributed by atoms with Crippen LogP contribution < -0.4 is 0 Å². The van der Waals surface area contributed by atoms with E-state index in [1.165, 1.54) is 6.26 Å². The van der Waals surface area contributed by atoms with Crippen LogP contribution >= 0.6 is 10.4 Å². The topological polar surface area (TPSA) is 47.6 Å². The van der Waals surface area contributed by atoms with E-state index in [1.807, 2.05) is 12.1 Å². The van der Waals surface area contributed by atoms with Gasteiger partial charge >= 0.3 is 0 Å². The Hall–Kier alpha value is -0.740. The lowest BCUT2D eigenvalue weighted by atomic mass is 10.5. The highest BCUT2D eigenvalue weighted by molar-refractivity contribution is 8.29. The molecule has 0 N–H and O–H groups in total. The Morgan fingerprint density at radius 2 is 1.55 bits per heavy atom. The van der Waals surface area contributed by atoms with Gasteiger partial charge in [0, 0.05) is 24.3 Å². The summed E-state index contributed by atoms with van der Waals surface area (Å²) >= 11 is 0. The molecule has 0 aliphatic heterocycles. The lowest BCUT2D eigenvalue weighted by Gasteiger charge is -2.22. The molecule has 0 rings (SSSR count). The molecule has 0 fully saturated rings. The predicted octanol–water partition coefficient (Wildman–Crippen LogP) is 2.13. The average Bonchev–Trinajstić information content (AvgIpc) is 1.97. The average molecular weight is 174 g/mol. The van der Waals surface area contributed by atoms with E-state index in [2.05, 4.69) is 0 Å². The molecule has 0 saturated carbocycles. The van der Waals surface area contributed by atoms with Crippen molar-refractivity contribution in [3.8, 4) is 12.1 Å². The summed E-state index contributed by atoms with van der Waals surface area (Å²) in [6.07, 6.45) is 2.03. The molecule has 0 aromatic rings. The quantitative estimate of drug-likeness (QED) is 0.655. The SMILES string of the molecule is CS(F)(CCC#N)CCC#N. The van der Waals surface area contributed by atoms with Crippen molar-refractivity contribution < 1.29 is 3.89 Å². The molecule has 0 atom stereocenters. The van der Waals surface area contributed by atoms with Gasteiger partial charge < -0.3 is 0 Å². The Kier molecular flexibility index (Phi) is 4.65. The van der Waals surface area contributed by atoms with Crippen LogP contribution in [0.25, 0.3) is 0 Å². The zero-order valence-corrected chi connectivity index (χ0v) is 7.33. The lowest BCUT2D eigenvalue weighted by Crippen LogP contribution is -2.01. The molecule has 11 heavy (non-hydrogen) atoms. The molecule has 62 valence electrons. The zero-order valence-electron chi connectivity index (χ0n) is 6.51. The van der Waals surface area contributed by atoms with Crippen LogP contribution in [0, 0.1) is 22.7 Å². The van der Waals surface area contributed by atoms with E-state index in [-0.39, 0.29) is 12.8 Å². The van der Waals surface area contributed by atoms with Gasteiger partial charge in [-0.3, -0.25) is 0 Å². The van der Waals surface area contributed by atoms with Gasteiger partial charge in [-0.1, -0.05) is 10.4 Å². The molecule has 0 spiro atoms. The van der Waals surface area contributed by atoms with Crippen molar-refractivity contribution in [1.82, 2.24) is 0 Å². The largest absolute Gasteiger partial charge is 0.198 e. The first-order valence-electron chi connectivity index (χ1n) is 3.29. The first-order chi connectivity index (χ1) is 5.12. The number of halogens is 1. The maximum atomic E-state index is 13.2. The van der Waals surface area contributed by atoms with Gasteiger partial charge in [-0.05, 0) is 6.26 Å². The van der Waals surface area contributed by atoms with E-state index in [0.717, 1.165) is 0 Å². The summed E-state index contributed by atoms with van der Waals surface area (Å²) in [5.41, 5.74) is 0. The van der Waals surface area contributed by atoms with Crippen LogP contribution in [0.15, 0.2) is 0 Å². The summed E-state index contributed by atoms with van der Waals surface area (Å²) in [5.74, 6) is 0.621. The van der Waals surface area contributed by atoms with Crippen molar-refractivity contribution in [1.29, 1.82) is 10.5 Å². The Labute approximate surface area is 68.2 Å². The van der Waals surface area contributed by atoms with Gasteiger partial charge in [-0.25, -0.2) is 0 Å². The van der Waals surface area contributed by atoms with E-state index >= 15 is 0 Å². The van der Waals surface area contributed by atoms with Crippen molar-refractivity contribution in [2.75, 3.05) is 17.8 Å². The highest BCUT2D eigenvalue weighted by Crippen LogP contribution is 2.46. The van der Waals surface area contributed by atoms with Crippen LogP contribution in [0.5, 0.6) is 0 Å². The first-order valence-corrected chi connectivity index (χ1v) is 5.57. The van der Waals surface area contributed by atoms with Gasteiger partial charge in [-0.15, -0.1) is 0 Å². The van der Waals surface area contributed by atoms with Gasteiger partial charge in [0.1, 0.15) is 0 Å². The number of nitriles is 2. The number of nitrogens with zero attached hydrogens (tertiary/aromatic N) is 2. The standard InChI is InChI=1S/C7H11FN2S/c1-11(8,6-2-4-9)7-3-5-10/h2-3,6-7H2,1H3. The van der Waals surface area contributed by atoms with Crippen molar-refractivity contribution in [3.63, 3.8) is 0 Å². The predicted molar refractivity (Wildman–Crippen MR) is 44.8 cm³/mol. The molecule has 0 aromatic carbocycles. The van der Waals surface area contributed by atoms with Gasteiger partial charge in [0.2, 0.25) is 0 Å². The van der Waals surface area contributed by atoms with E-state index in [0.29, 0.717) is 11.5 Å². The minimum atomic E-state index is -2.15. The Morgan fingerprint density at radius 3 is 1.82 bits per heavy atom. The van der Waals surface area contributed by atoms with Crippen LogP contribution in [0.1, 0.15) is 12.8 Å². The van der Waals surface area contributed by atoms with Gasteiger partial charge in [0.25, 0.3) is 0 Å². The molecular weight excluding hydrogens is 163 g/mol. The zero-order chi connectivity index (χ0) is 8.74. The fourth-order valence-electron chi connectivity index (χ4n) is 0.619. The smallest absolute Gasteiger partial charge is 0.0630 e. The Morgan fingerprint density at radius 1 is 1.18 bits per heavy atom. The van der Waals surface area contributed by atoms with Crippen molar-refractivity contribution >= 4 is 10.4 Å². The molecule has 0 saturated heterocycles. The maximum Gasteiger partial charge on any atom is 0.0630 e. The number of hydrogen-bond donors (Lipinski definition) is 0. The normalized spacial score (nSPS) is 11.6. The second-order valence-electron chi connectivity index (χ2n) is 2.38. The summed E-state index contributed by atoms with van der Waals surface area (Å²) in [7, 11) is -2.15. The molecule has 0 heterocycles. The fraction of sp³-hybridized carbons (Fsp3) is 0.714. The van der Waals surface area contributed by atoms with E-state index in [1.54, 1.807) is 0 Å². The van der Waals surface area contributed by atoms with Gasteiger partial charge in [0.15, 0.2) is 0 Å². The summed E-state index contributed by atoms with van der Waals surface area (Å²) in [4.78, 5) is 0. The molecule has 0 aliphatic carbocycles. The Bertz CT molecular complexity index is 170. The minimum Gasteiger partial charge on any atom is -0.198 e. The second-order valence-corrected chi connectivity index (χ2v) is 5.50. The third kappa shape index (κ3) is 5.69. The van der Waals surface area contributed by atoms with Crippen molar-refractivity contribution in [2.24, 2.45) is 0 Å². The van der Waals surface area contributed by atoms with E-state index in [9.17, 15) is 3.89 Å². The van der Waals surface area contributed by atoms with Crippen LogP contribution in [-0.4, -0.2) is 17.8 Å². The fourth-order valence-corrected chi connectivity index (χ4v) is 1.86. The molecule has 0 bridgehead atoms. The molecule has 0 unspecified atom stereocenters. The first kappa shape index (κ1) is 10.3. The molecule has 0 aromatic heterocycles. The molecular formula is C7H11FN2S. The summed E-state index contributed by atoms with van der Waals surface area (Å²) < 4.78 is 13.2. The summed E-state index contributed by atoms with van der Waals surface area (Å²) in [6, 6.07) is 3.80. The highest BCUT2D eigenvalue weighted by Gasteiger charge is 2.15. The molecule has 0 amide bonds. The van der Waals surface area contributed by atoms with Crippen molar-refractivity contribution in [3.05, 3.63) is 0 Å². The highest BCUT2D eigenvalue weighted by atomic mass is 32.3. The summed E-state index contributed by atoms with van der Waals surface area (Å²) in [6.45, 7) is 0. The monoisotopic (exact) mass is 174 g/mol. The maximum absolute atomic E-state index is 13.2.